The van der Waals surface area contributed by atoms with Crippen LogP contribution in [0.1, 0.15) is 323 Å². The van der Waals surface area contributed by atoms with Gasteiger partial charge in [0.25, 0.3) is 0 Å². The standard InChI is InChI=1S/C18H30O21.C3H8.19C2H6.2H2O3.3H2O2/c1-9-5-10(2)12(4)15(11(9)3)7-13-6-14(17(20)18(21)16(13)19)8-23-25-27-29-31-33-35-37-39-38-36-34-32-30-28-26-24-22;1-3-2;19*1-2;2*1-3-2;3*1-2/h10,12-14,16-22H,1,5-8H2,2-4H3;3H2,1-2H3;19*1-2H3;2*1-2H;3*1-2H/t10-,12+,13-,14+,16-,17+,18+;;;;;;;;;;;;;;;;;;;;;;;;;/m0........................./s1. The summed E-state index contributed by atoms with van der Waals surface area (Å²) in [7, 11) is 0. The molecule has 0 spiro atoms. The molecule has 596 valence electrons. The van der Waals surface area contributed by atoms with Crippen molar-refractivity contribution in [3.8, 4) is 0 Å². The van der Waals surface area contributed by atoms with Gasteiger partial charge in [-0.15, -0.1) is 0 Å². The highest BCUT2D eigenvalue weighted by atomic mass is 18.0. The summed E-state index contributed by atoms with van der Waals surface area (Å²) in [5.74, 6) is -0.253. The molecule has 2 aliphatic rings. The maximum absolute atomic E-state index is 10.6. The summed E-state index contributed by atoms with van der Waals surface area (Å²) < 4.78 is 0. The molecular formula is C59H162O33. The summed E-state index contributed by atoms with van der Waals surface area (Å²) >= 11 is 0. The molecule has 33 nitrogen and oxygen atoms in total. The second-order valence-electron chi connectivity index (χ2n) is 9.41. The van der Waals surface area contributed by atoms with Gasteiger partial charge in [0.1, 0.15) is 6.10 Å². The van der Waals surface area contributed by atoms with E-state index < -0.39 is 24.2 Å². The van der Waals surface area contributed by atoms with E-state index in [1.165, 1.54) is 12.0 Å². The van der Waals surface area contributed by atoms with Crippen molar-refractivity contribution in [2.45, 2.75) is 342 Å². The quantitative estimate of drug-likeness (QED) is 0.0306. The van der Waals surface area contributed by atoms with E-state index in [2.05, 4.69) is 125 Å². The van der Waals surface area contributed by atoms with Gasteiger partial charge in [0.2, 0.25) is 0 Å². The van der Waals surface area contributed by atoms with Gasteiger partial charge < -0.3 is 15.3 Å². The van der Waals surface area contributed by atoms with Crippen LogP contribution in [0.4, 0.5) is 0 Å². The lowest BCUT2D eigenvalue weighted by Crippen LogP contribution is -2.52. The fourth-order valence-electron chi connectivity index (χ4n) is 4.34. The van der Waals surface area contributed by atoms with E-state index >= 15 is 0 Å². The first-order valence-electron chi connectivity index (χ1n) is 32.9. The van der Waals surface area contributed by atoms with E-state index in [1.54, 1.807) is 0 Å². The Morgan fingerprint density at radius 2 is 0.543 bits per heavy atom. The Morgan fingerprint density at radius 1 is 0.348 bits per heavy atom. The Balaban J connectivity index is -0.0000000330. The van der Waals surface area contributed by atoms with E-state index in [0.29, 0.717) is 24.7 Å². The van der Waals surface area contributed by atoms with E-state index in [9.17, 15) is 15.3 Å². The minimum absolute atomic E-state index is 0.238. The molecule has 0 bridgehead atoms. The van der Waals surface area contributed by atoms with Gasteiger partial charge in [-0.25, -0.2) is 31.2 Å². The van der Waals surface area contributed by atoms with Crippen LogP contribution in [0.5, 0.6) is 0 Å². The zero-order valence-electron chi connectivity index (χ0n) is 66.8. The van der Waals surface area contributed by atoms with E-state index in [4.69, 9.17) is 62.7 Å². The van der Waals surface area contributed by atoms with Crippen LogP contribution in [-0.4, -0.2) is 98.1 Å². The van der Waals surface area contributed by atoms with Crippen molar-refractivity contribution in [3.63, 3.8) is 0 Å². The number of allylic oxidation sites excluding steroid dienone is 3. The van der Waals surface area contributed by atoms with Crippen LogP contribution in [0.15, 0.2) is 23.3 Å². The van der Waals surface area contributed by atoms with Gasteiger partial charge in [0.05, 0.1) is 18.8 Å². The van der Waals surface area contributed by atoms with E-state index in [0.717, 1.165) is 17.6 Å². The highest BCUT2D eigenvalue weighted by Gasteiger charge is 2.44. The van der Waals surface area contributed by atoms with Crippen molar-refractivity contribution >= 4 is 0 Å². The Labute approximate surface area is 562 Å². The smallest absolute Gasteiger partial charge is 0.106 e. The average molecular weight is 1400 g/mol. The van der Waals surface area contributed by atoms with Gasteiger partial charge >= 0.3 is 0 Å². The minimum atomic E-state index is -1.39. The topological polar surface area (TPSA) is 459 Å². The molecule has 2 aliphatic carbocycles. The van der Waals surface area contributed by atoms with Crippen molar-refractivity contribution in [2.24, 2.45) is 23.7 Å². The third-order valence-electron chi connectivity index (χ3n) is 6.49. The van der Waals surface area contributed by atoms with Crippen molar-refractivity contribution in [3.05, 3.63) is 23.3 Å². The number of hydrogen-bond donors (Lipinski definition) is 14. The molecule has 0 saturated heterocycles. The van der Waals surface area contributed by atoms with Crippen LogP contribution in [0.25, 0.3) is 0 Å². The molecule has 7 atom stereocenters. The maximum atomic E-state index is 10.6. The van der Waals surface area contributed by atoms with Crippen molar-refractivity contribution in [2.75, 3.05) is 6.61 Å². The van der Waals surface area contributed by atoms with Crippen molar-refractivity contribution in [1.29, 1.82) is 0 Å². The van der Waals surface area contributed by atoms with Crippen LogP contribution in [0.3, 0.4) is 0 Å². The SMILES string of the molecule is C=C1C[C@H](C)[C@@H](C)C(C[C@@H]2C[C@H](COOOOOOOOOOOOOOOOOO)[C@@H](O)[C@H](O)[C@H]2O)=C1C.CC.CC.CC.CC.CC.CC.CC.CC.CC.CC.CC.CC.CC.CC.CC.CC.CC.CC.CC.CCC.OO.OO.OO.OOO.OOO. The van der Waals surface area contributed by atoms with Crippen LogP contribution in [0.2, 0.25) is 0 Å². The Bertz CT molecular complexity index is 808. The summed E-state index contributed by atoms with van der Waals surface area (Å²) in [4.78, 5) is 4.79. The molecule has 2 rings (SSSR count). The first kappa shape index (κ1) is 164. The molecular weight excluding hydrogens is 1240 g/mol. The third kappa shape index (κ3) is 179. The molecule has 14 N–H and O–H groups in total. The average Bonchev–Trinajstić information content (AvgIpc) is 3.86. The fourth-order valence-corrected chi connectivity index (χ4v) is 4.34. The van der Waals surface area contributed by atoms with Gasteiger partial charge in [-0.2, -0.15) is 0 Å². The van der Waals surface area contributed by atoms with Crippen LogP contribution < -0.4 is 0 Å². The third-order valence-corrected chi connectivity index (χ3v) is 6.49. The second kappa shape index (κ2) is 255. The molecule has 0 aromatic heterocycles. The molecule has 1 saturated carbocycles. The summed E-state index contributed by atoms with van der Waals surface area (Å²) in [6, 6.07) is 0. The summed E-state index contributed by atoms with van der Waals surface area (Å²) in [6.07, 6.45) is -0.768. The van der Waals surface area contributed by atoms with E-state index in [1.807, 2.05) is 270 Å². The molecule has 92 heavy (non-hydrogen) atoms. The lowest BCUT2D eigenvalue weighted by atomic mass is 9.68. The first-order chi connectivity index (χ1) is 45.0. The molecule has 0 unspecified atom stereocenters. The lowest BCUT2D eigenvalue weighted by Gasteiger charge is -2.42. The Morgan fingerprint density at radius 3 is 0.761 bits per heavy atom. The lowest BCUT2D eigenvalue weighted by molar-refractivity contribution is -0.889. The largest absolute Gasteiger partial charge is 0.390 e. The number of aliphatic hydroxyl groups excluding tert-OH is 3. The molecule has 0 radical (unpaired) electrons. The summed E-state index contributed by atoms with van der Waals surface area (Å²) in [5, 5.41) is 164. The van der Waals surface area contributed by atoms with E-state index in [-0.39, 0.29) is 12.5 Å². The highest BCUT2D eigenvalue weighted by molar-refractivity contribution is 5.37. The molecule has 0 heterocycles. The zero-order valence-corrected chi connectivity index (χ0v) is 66.8. The minimum Gasteiger partial charge on any atom is -0.390 e. The van der Waals surface area contributed by atoms with Gasteiger partial charge in [-0.05, 0) is 130 Å². The van der Waals surface area contributed by atoms with Crippen LogP contribution in [-0.2, 0) is 95.6 Å². The first-order valence-corrected chi connectivity index (χ1v) is 32.9. The maximum Gasteiger partial charge on any atom is 0.106 e. The molecule has 0 aliphatic heterocycles. The fraction of sp³-hybridized carbons (Fsp3) is 0.932. The normalized spacial score (nSPS) is 14.7. The number of hydrogen-bond acceptors (Lipinski definition) is 33. The Kier molecular flexibility index (Phi) is 453. The number of aliphatic hydroxyl groups is 3. The number of rotatable bonds is 20. The Hall–Kier alpha value is -1.84. The molecule has 1 fully saturated rings. The molecule has 0 amide bonds. The summed E-state index contributed by atoms with van der Waals surface area (Å²) in [5.41, 5.74) is 3.35. The predicted octanol–water partition coefficient (Wildman–Crippen LogP) is 21.9. The van der Waals surface area contributed by atoms with Crippen LogP contribution >= 0.6 is 0 Å². The second-order valence-corrected chi connectivity index (χ2v) is 9.41. The predicted molar refractivity (Wildman–Crippen MR) is 365 cm³/mol. The summed E-state index contributed by atoms with van der Waals surface area (Å²) in [6.45, 7) is 90.5. The van der Waals surface area contributed by atoms with Gasteiger partial charge in [-0.3, -0.25) is 31.5 Å². The highest BCUT2D eigenvalue weighted by Crippen LogP contribution is 2.43. The van der Waals surface area contributed by atoms with Crippen molar-refractivity contribution < 1.29 is 169 Å². The molecule has 0 aromatic carbocycles. The van der Waals surface area contributed by atoms with Crippen molar-refractivity contribution in [1.82, 2.24) is 0 Å². The molecule has 33 heteroatoms. The monoisotopic (exact) mass is 1400 g/mol. The van der Waals surface area contributed by atoms with Gasteiger partial charge in [-0.1, -0.05) is 325 Å². The van der Waals surface area contributed by atoms with Gasteiger partial charge in [0.15, 0.2) is 0 Å². The van der Waals surface area contributed by atoms with Crippen LogP contribution in [0, 0.1) is 23.7 Å². The van der Waals surface area contributed by atoms with Gasteiger partial charge in [0, 0.05) is 5.92 Å². The molecule has 0 aromatic rings. The zero-order chi connectivity index (χ0) is 80.7.